The summed E-state index contributed by atoms with van der Waals surface area (Å²) < 4.78 is 29.1. The Bertz CT molecular complexity index is 1670. The molecule has 2 aromatic heterocycles. The first-order chi connectivity index (χ1) is 21.5. The van der Waals surface area contributed by atoms with Gasteiger partial charge in [-0.25, -0.2) is 4.39 Å². The molecule has 0 unspecified atom stereocenters. The molecule has 6 rings (SSSR count). The number of fused-ring (bicyclic) bond motifs is 1. The first-order valence-electron chi connectivity index (χ1n) is 15.0. The van der Waals surface area contributed by atoms with Crippen LogP contribution in [0, 0.1) is 11.7 Å². The summed E-state index contributed by atoms with van der Waals surface area (Å²) in [6.45, 7) is 3.21. The predicted octanol–water partition coefficient (Wildman–Crippen LogP) is 4.78. The summed E-state index contributed by atoms with van der Waals surface area (Å²) in [5, 5.41) is 8.33. The highest BCUT2D eigenvalue weighted by molar-refractivity contribution is 6.05. The van der Waals surface area contributed by atoms with E-state index in [0.717, 1.165) is 29.5 Å². The van der Waals surface area contributed by atoms with Crippen LogP contribution in [0.5, 0.6) is 5.75 Å². The van der Waals surface area contributed by atoms with E-state index in [1.807, 2.05) is 41.3 Å². The van der Waals surface area contributed by atoms with Gasteiger partial charge in [0.25, 0.3) is 5.91 Å². The third-order valence-corrected chi connectivity index (χ3v) is 8.66. The number of aromatic amines is 1. The van der Waals surface area contributed by atoms with Crippen LogP contribution in [0.2, 0.25) is 0 Å². The van der Waals surface area contributed by atoms with Crippen molar-refractivity contribution >= 4 is 28.3 Å². The summed E-state index contributed by atoms with van der Waals surface area (Å²) in [6, 6.07) is 11.2. The minimum absolute atomic E-state index is 0.0282. The van der Waals surface area contributed by atoms with Crippen LogP contribution in [0.25, 0.3) is 27.6 Å². The number of carbonyl (C=O) groups excluding carboxylic acids is 2. The molecule has 2 aliphatic heterocycles. The molecule has 230 valence electrons. The van der Waals surface area contributed by atoms with Crippen molar-refractivity contribution in [2.45, 2.75) is 32.2 Å². The third kappa shape index (κ3) is 5.96. The number of nitrogens with zero attached hydrogens (tertiary/aromatic N) is 5. The smallest absolute Gasteiger partial charge is 0.270 e. The molecule has 1 fully saturated rings. The van der Waals surface area contributed by atoms with Gasteiger partial charge >= 0.3 is 0 Å². The average molecular weight is 601 g/mol. The van der Waals surface area contributed by atoms with Crippen LogP contribution in [0.15, 0.2) is 54.9 Å². The maximum absolute atomic E-state index is 16.5. The molecule has 0 saturated carbocycles. The normalized spacial score (nSPS) is 15.9. The Morgan fingerprint density at radius 2 is 1.86 bits per heavy atom. The number of amides is 2. The van der Waals surface area contributed by atoms with Crippen LogP contribution < -0.4 is 4.74 Å². The zero-order chi connectivity index (χ0) is 30.6. The molecule has 2 aromatic carbocycles. The number of likely N-dealkylation sites (tertiary alicyclic amines) is 1. The number of methoxy groups -OCH3 is 2. The topological polar surface area (TPSA) is 106 Å². The second kappa shape index (κ2) is 13.0. The lowest BCUT2D eigenvalue weighted by atomic mass is 9.92. The zero-order valence-electron chi connectivity index (χ0n) is 25.1. The molecule has 2 aliphatic rings. The van der Waals surface area contributed by atoms with Gasteiger partial charge in [-0.15, -0.1) is 5.10 Å². The Kier molecular flexibility index (Phi) is 8.74. The Hall–Kier alpha value is -4.51. The van der Waals surface area contributed by atoms with Crippen molar-refractivity contribution < 1.29 is 23.5 Å². The highest BCUT2D eigenvalue weighted by Gasteiger charge is 2.28. The van der Waals surface area contributed by atoms with Crippen molar-refractivity contribution in [2.24, 2.45) is 5.92 Å². The van der Waals surface area contributed by atoms with Gasteiger partial charge in [-0.3, -0.25) is 14.3 Å². The fourth-order valence-electron chi connectivity index (χ4n) is 6.28. The van der Waals surface area contributed by atoms with Crippen molar-refractivity contribution in [3.63, 3.8) is 0 Å². The third-order valence-electron chi connectivity index (χ3n) is 8.66. The lowest BCUT2D eigenvalue weighted by Gasteiger charge is -2.31. The molecule has 10 nitrogen and oxygen atoms in total. The van der Waals surface area contributed by atoms with E-state index in [0.29, 0.717) is 67.5 Å². The van der Waals surface area contributed by atoms with E-state index in [9.17, 15) is 9.59 Å². The van der Waals surface area contributed by atoms with Crippen molar-refractivity contribution in [2.75, 3.05) is 47.0 Å². The molecule has 0 radical (unpaired) electrons. The minimum Gasteiger partial charge on any atom is -0.496 e. The number of para-hydroxylation sites is 1. The molecule has 2 amide bonds. The molecule has 1 N–H and O–H groups in total. The molecular formula is C33H37FN6O4. The maximum atomic E-state index is 16.5. The fraction of sp³-hybridized carbons (Fsp3) is 0.394. The SMILES string of the molecule is COCC1CCN(C(=O)c2cc3c(-c4ccccc4OC)cc(C4=CCCN(C(=O)CCn5ccnn5)C4)c(F)c3[nH]2)CC1. The van der Waals surface area contributed by atoms with Gasteiger partial charge < -0.3 is 24.3 Å². The number of ether oxygens (including phenoxy) is 2. The molecule has 0 aliphatic carbocycles. The van der Waals surface area contributed by atoms with E-state index in [-0.39, 0.29) is 30.3 Å². The van der Waals surface area contributed by atoms with Crippen molar-refractivity contribution in [1.29, 1.82) is 0 Å². The molecule has 1 saturated heterocycles. The molecule has 44 heavy (non-hydrogen) atoms. The van der Waals surface area contributed by atoms with Gasteiger partial charge in [-0.2, -0.15) is 0 Å². The number of benzene rings is 2. The molecule has 11 heteroatoms. The highest BCUT2D eigenvalue weighted by Crippen LogP contribution is 2.40. The predicted molar refractivity (Wildman–Crippen MR) is 165 cm³/mol. The number of rotatable bonds is 9. The molecular weight excluding hydrogens is 563 g/mol. The number of carbonyl (C=O) groups is 2. The monoisotopic (exact) mass is 600 g/mol. The number of H-pyrrole nitrogens is 1. The lowest BCUT2D eigenvalue weighted by Crippen LogP contribution is -2.39. The molecule has 4 aromatic rings. The van der Waals surface area contributed by atoms with E-state index in [4.69, 9.17) is 9.47 Å². The fourth-order valence-corrected chi connectivity index (χ4v) is 6.28. The quantitative estimate of drug-likeness (QED) is 0.297. The second-order valence-corrected chi connectivity index (χ2v) is 11.4. The number of piperidine rings is 1. The zero-order valence-corrected chi connectivity index (χ0v) is 25.1. The van der Waals surface area contributed by atoms with E-state index in [2.05, 4.69) is 15.3 Å². The average Bonchev–Trinajstić information content (AvgIpc) is 3.75. The summed E-state index contributed by atoms with van der Waals surface area (Å²) in [7, 11) is 3.30. The van der Waals surface area contributed by atoms with Crippen LogP contribution in [0.4, 0.5) is 4.39 Å². The van der Waals surface area contributed by atoms with Crippen LogP contribution in [0.3, 0.4) is 0 Å². The number of hydrogen-bond acceptors (Lipinski definition) is 6. The summed E-state index contributed by atoms with van der Waals surface area (Å²) in [5.41, 5.74) is 3.27. The van der Waals surface area contributed by atoms with Crippen LogP contribution in [-0.2, 0) is 16.1 Å². The van der Waals surface area contributed by atoms with Crippen LogP contribution >= 0.6 is 0 Å². The Labute approximate surface area is 255 Å². The van der Waals surface area contributed by atoms with Crippen molar-refractivity contribution in [1.82, 2.24) is 29.8 Å². The second-order valence-electron chi connectivity index (χ2n) is 11.4. The first kappa shape index (κ1) is 29.6. The Morgan fingerprint density at radius 3 is 2.61 bits per heavy atom. The van der Waals surface area contributed by atoms with Gasteiger partial charge in [0.15, 0.2) is 5.82 Å². The van der Waals surface area contributed by atoms with E-state index in [1.165, 1.54) is 0 Å². The van der Waals surface area contributed by atoms with E-state index >= 15 is 4.39 Å². The Balaban J connectivity index is 1.34. The van der Waals surface area contributed by atoms with Crippen molar-refractivity contribution in [3.8, 4) is 16.9 Å². The Morgan fingerprint density at radius 1 is 1.05 bits per heavy atom. The summed E-state index contributed by atoms with van der Waals surface area (Å²) in [4.78, 5) is 33.4. The van der Waals surface area contributed by atoms with Crippen LogP contribution in [-0.4, -0.2) is 88.6 Å². The number of aromatic nitrogens is 4. The molecule has 0 atom stereocenters. The van der Waals surface area contributed by atoms with Gasteiger partial charge in [0.1, 0.15) is 11.4 Å². The molecule has 0 bridgehead atoms. The number of halogens is 1. The van der Waals surface area contributed by atoms with Gasteiger partial charge in [0.2, 0.25) is 5.91 Å². The minimum atomic E-state index is -0.445. The lowest BCUT2D eigenvalue weighted by molar-refractivity contribution is -0.131. The summed E-state index contributed by atoms with van der Waals surface area (Å²) in [5.74, 6) is 0.453. The largest absolute Gasteiger partial charge is 0.496 e. The summed E-state index contributed by atoms with van der Waals surface area (Å²) in [6.07, 6.45) is 7.91. The first-order valence-corrected chi connectivity index (χ1v) is 15.0. The van der Waals surface area contributed by atoms with Crippen molar-refractivity contribution in [3.05, 3.63) is 71.9 Å². The standard InChI is InChI=1S/C33H37FN6O4/c1-43-21-22-9-14-38(15-10-22)33(42)28-19-27-26(24-7-3-4-8-29(24)44-2)18-25(31(34)32(27)36-28)23-6-5-13-39(20-23)30(41)11-16-40-17-12-35-37-40/h3-4,6-8,12,17-19,22,36H,5,9-11,13-16,20-21H2,1-2H3. The van der Waals surface area contributed by atoms with Gasteiger partial charge in [-0.1, -0.05) is 29.5 Å². The van der Waals surface area contributed by atoms with Gasteiger partial charge in [0, 0.05) is 69.0 Å². The molecule has 4 heterocycles. The maximum Gasteiger partial charge on any atom is 0.270 e. The van der Waals surface area contributed by atoms with E-state index in [1.54, 1.807) is 42.3 Å². The number of nitrogens with one attached hydrogen (secondary N) is 1. The van der Waals surface area contributed by atoms with E-state index < -0.39 is 5.82 Å². The number of aryl methyl sites for hydroxylation is 1. The van der Waals surface area contributed by atoms with Gasteiger partial charge in [0.05, 0.1) is 25.4 Å². The summed E-state index contributed by atoms with van der Waals surface area (Å²) >= 11 is 0. The highest BCUT2D eigenvalue weighted by atomic mass is 19.1. The number of hydrogen-bond donors (Lipinski definition) is 1. The van der Waals surface area contributed by atoms with Gasteiger partial charge in [-0.05, 0) is 54.5 Å². The molecule has 0 spiro atoms. The van der Waals surface area contributed by atoms with Crippen LogP contribution in [0.1, 0.15) is 41.7 Å².